The van der Waals surface area contributed by atoms with Crippen molar-refractivity contribution in [1.29, 1.82) is 10.5 Å². The summed E-state index contributed by atoms with van der Waals surface area (Å²) in [5.41, 5.74) is -0.624. The third-order valence-electron chi connectivity index (χ3n) is 4.98. The summed E-state index contributed by atoms with van der Waals surface area (Å²) in [5.74, 6) is -4.93. The van der Waals surface area contributed by atoms with Crippen LogP contribution >= 0.6 is 0 Å². The summed E-state index contributed by atoms with van der Waals surface area (Å²) in [6.45, 7) is 0. The van der Waals surface area contributed by atoms with Crippen molar-refractivity contribution in [3.8, 4) is 34.7 Å². The normalized spacial score (nSPS) is 9.38. The number of rotatable bonds is 3. The summed E-state index contributed by atoms with van der Waals surface area (Å²) in [4.78, 5) is 21.4. The molecule has 0 atom stereocenters. The second kappa shape index (κ2) is 16.1. The quantitative estimate of drug-likeness (QED) is 0.191. The maximum Gasteiger partial charge on any atom is 3.00 e. The summed E-state index contributed by atoms with van der Waals surface area (Å²) < 4.78 is 53.4. The Morgan fingerprint density at radius 1 is 0.690 bits per heavy atom. The molecule has 0 saturated carbocycles. The number of nitriles is 2. The SMILES string of the molecule is N#Cc1c(F)c[c-]c(-c2ccccn2)c1F.N#Cc1c(F)c[c-]c(-c2ccccn2)c1F.O=C([O-])c1ccccn1.[Ir+3]. The summed E-state index contributed by atoms with van der Waals surface area (Å²) in [5, 5.41) is 27.2. The van der Waals surface area contributed by atoms with Crippen molar-refractivity contribution in [3.05, 3.63) is 138 Å². The van der Waals surface area contributed by atoms with Crippen molar-refractivity contribution < 1.29 is 47.6 Å². The number of halogens is 4. The smallest absolute Gasteiger partial charge is 0.543 e. The summed E-state index contributed by atoms with van der Waals surface area (Å²) in [6, 6.07) is 24.1. The minimum atomic E-state index is -1.24. The Morgan fingerprint density at radius 3 is 1.38 bits per heavy atom. The zero-order valence-electron chi connectivity index (χ0n) is 21.0. The van der Waals surface area contributed by atoms with Gasteiger partial charge in [-0.25, -0.2) is 0 Å². The zero-order valence-corrected chi connectivity index (χ0v) is 23.4. The maximum atomic E-state index is 13.7. The number of aromatic nitrogens is 3. The molecule has 7 nitrogen and oxygen atoms in total. The van der Waals surface area contributed by atoms with Crippen LogP contribution in [0.25, 0.3) is 22.5 Å². The number of nitrogens with zero attached hydrogens (tertiary/aromatic N) is 5. The molecule has 0 unspecified atom stereocenters. The van der Waals surface area contributed by atoms with Gasteiger partial charge in [-0.05, 0) is 35.7 Å². The van der Waals surface area contributed by atoms with Gasteiger partial charge in [0, 0.05) is 29.7 Å². The molecular weight excluding hydrogens is 731 g/mol. The van der Waals surface area contributed by atoms with Crippen LogP contribution in [0.4, 0.5) is 17.6 Å². The molecule has 0 radical (unpaired) electrons. The van der Waals surface area contributed by atoms with Crippen LogP contribution in [0, 0.1) is 58.1 Å². The number of hydrogen-bond acceptors (Lipinski definition) is 7. The first-order chi connectivity index (χ1) is 19.8. The Balaban J connectivity index is 0.000000227. The third kappa shape index (κ3) is 8.35. The fourth-order valence-corrected chi connectivity index (χ4v) is 3.08. The monoisotopic (exact) mass is 745 g/mol. The minimum Gasteiger partial charge on any atom is -0.543 e. The molecule has 12 heteroatoms. The fraction of sp³-hybridized carbons (Fsp3) is 0. The molecule has 0 fully saturated rings. The van der Waals surface area contributed by atoms with E-state index < -0.39 is 40.4 Å². The van der Waals surface area contributed by atoms with E-state index in [2.05, 4.69) is 27.1 Å². The Kier molecular flexibility index (Phi) is 12.6. The number of carbonyl (C=O) groups is 1. The van der Waals surface area contributed by atoms with E-state index in [1.807, 2.05) is 0 Å². The molecule has 0 N–H and O–H groups in total. The second-order valence-corrected chi connectivity index (χ2v) is 7.56. The zero-order chi connectivity index (χ0) is 29.8. The van der Waals surface area contributed by atoms with Crippen LogP contribution in [0.3, 0.4) is 0 Å². The van der Waals surface area contributed by atoms with Gasteiger partial charge in [0.05, 0.1) is 47.1 Å². The first kappa shape index (κ1) is 32.9. The minimum absolute atomic E-state index is 0. The predicted molar refractivity (Wildman–Crippen MR) is 135 cm³/mol. The van der Waals surface area contributed by atoms with E-state index in [4.69, 9.17) is 10.5 Å². The standard InChI is InChI=1S/2C12H5F2N2.C6H5NO2.Ir/c2*13-10-5-4-8(12(14)9(10)7-15)11-3-1-2-6-16-11;8-6(9)5-3-1-2-4-7-5;/h2*1-3,5-6H;1-4H,(H,8,9);/q2*-1;;+3/p-1. The molecule has 5 aromatic rings. The number of aromatic carboxylic acids is 1. The van der Waals surface area contributed by atoms with E-state index in [0.717, 1.165) is 12.1 Å². The van der Waals surface area contributed by atoms with Crippen LogP contribution in [0.15, 0.2) is 85.3 Å². The van der Waals surface area contributed by atoms with Crippen LogP contribution in [0.5, 0.6) is 0 Å². The van der Waals surface area contributed by atoms with Crippen LogP contribution in [0.1, 0.15) is 21.6 Å². The van der Waals surface area contributed by atoms with Gasteiger partial charge < -0.3 is 19.9 Å². The van der Waals surface area contributed by atoms with Gasteiger partial charge >= 0.3 is 20.1 Å². The van der Waals surface area contributed by atoms with Crippen molar-refractivity contribution in [2.24, 2.45) is 0 Å². The first-order valence-electron chi connectivity index (χ1n) is 11.3. The number of carboxylic acid groups (broad SMARTS) is 1. The Morgan fingerprint density at radius 2 is 1.10 bits per heavy atom. The van der Waals surface area contributed by atoms with E-state index >= 15 is 0 Å². The van der Waals surface area contributed by atoms with E-state index in [-0.39, 0.29) is 36.9 Å². The summed E-state index contributed by atoms with van der Waals surface area (Å²) in [6.07, 6.45) is 4.38. The molecule has 0 bridgehead atoms. The van der Waals surface area contributed by atoms with E-state index in [9.17, 15) is 27.5 Å². The summed E-state index contributed by atoms with van der Waals surface area (Å²) >= 11 is 0. The molecule has 0 aliphatic heterocycles. The molecule has 0 amide bonds. The molecule has 208 valence electrons. The Bertz CT molecular complexity index is 1630. The molecule has 3 aromatic heterocycles. The van der Waals surface area contributed by atoms with Gasteiger partial charge in [-0.15, -0.1) is 24.3 Å². The number of carbonyl (C=O) groups excluding carboxylic acids is 1. The third-order valence-corrected chi connectivity index (χ3v) is 4.98. The first-order valence-corrected chi connectivity index (χ1v) is 11.3. The van der Waals surface area contributed by atoms with Crippen LogP contribution in [-0.2, 0) is 20.1 Å². The van der Waals surface area contributed by atoms with Gasteiger partial charge in [0.25, 0.3) is 0 Å². The molecule has 2 aromatic carbocycles. The second-order valence-electron chi connectivity index (χ2n) is 7.56. The number of pyridine rings is 3. The van der Waals surface area contributed by atoms with Gasteiger partial charge in [0.2, 0.25) is 0 Å². The topological polar surface area (TPSA) is 126 Å². The number of carboxylic acids is 1. The van der Waals surface area contributed by atoms with Gasteiger partial charge in [0.15, 0.2) is 0 Å². The predicted octanol–water partition coefficient (Wildman–Crippen LogP) is 4.84. The summed E-state index contributed by atoms with van der Waals surface area (Å²) in [7, 11) is 0. The molecule has 0 aliphatic rings. The number of hydrogen-bond donors (Lipinski definition) is 0. The Hall–Kier alpha value is -5.29. The molecule has 0 spiro atoms. The van der Waals surface area contributed by atoms with Gasteiger partial charge in [-0.2, -0.15) is 10.5 Å². The van der Waals surface area contributed by atoms with Crippen molar-refractivity contribution in [1.82, 2.24) is 15.0 Å². The molecule has 0 saturated heterocycles. The van der Waals surface area contributed by atoms with Crippen molar-refractivity contribution >= 4 is 5.97 Å². The van der Waals surface area contributed by atoms with Crippen molar-refractivity contribution in [3.63, 3.8) is 0 Å². The van der Waals surface area contributed by atoms with Crippen molar-refractivity contribution in [2.45, 2.75) is 0 Å². The molecule has 3 heterocycles. The average molecular weight is 745 g/mol. The molecular formula is C30H14F4IrN5O2. The molecule has 0 aliphatic carbocycles. The van der Waals surface area contributed by atoms with Crippen LogP contribution < -0.4 is 5.11 Å². The average Bonchev–Trinajstić information content (AvgIpc) is 3.00. The maximum absolute atomic E-state index is 13.7. The van der Waals surface area contributed by atoms with Crippen molar-refractivity contribution in [2.75, 3.05) is 0 Å². The van der Waals surface area contributed by atoms with Crippen LogP contribution in [-0.4, -0.2) is 20.9 Å². The fourth-order valence-electron chi connectivity index (χ4n) is 3.08. The number of benzene rings is 2. The van der Waals surface area contributed by atoms with Gasteiger partial charge in [-0.1, -0.05) is 41.5 Å². The van der Waals surface area contributed by atoms with Gasteiger partial charge in [0.1, 0.15) is 0 Å². The Labute approximate surface area is 250 Å². The van der Waals surface area contributed by atoms with E-state index in [1.54, 1.807) is 48.5 Å². The molecule has 5 rings (SSSR count). The van der Waals surface area contributed by atoms with Crippen LogP contribution in [0.2, 0.25) is 0 Å². The van der Waals surface area contributed by atoms with E-state index in [1.165, 1.54) is 36.8 Å². The van der Waals surface area contributed by atoms with Gasteiger partial charge in [-0.3, -0.25) is 22.5 Å². The largest absolute Gasteiger partial charge is 3.00 e. The molecule has 42 heavy (non-hydrogen) atoms. The van der Waals surface area contributed by atoms with E-state index in [0.29, 0.717) is 11.4 Å².